The van der Waals surface area contributed by atoms with Gasteiger partial charge in [-0.2, -0.15) is 0 Å². The number of allylic oxidation sites excluding steroid dienone is 1. The molecule has 0 saturated heterocycles. The van der Waals surface area contributed by atoms with E-state index in [4.69, 9.17) is 9.47 Å². The minimum absolute atomic E-state index is 0.223. The average molecular weight is 277 g/mol. The quantitative estimate of drug-likeness (QED) is 0.443. The number of halogens is 1. The Morgan fingerprint density at radius 1 is 1.47 bits per heavy atom. The third-order valence-electron chi connectivity index (χ3n) is 3.24. The molecule has 0 radical (unpaired) electrons. The van der Waals surface area contributed by atoms with E-state index in [0.29, 0.717) is 5.33 Å². The zero-order valence-electron chi connectivity index (χ0n) is 10.1. The van der Waals surface area contributed by atoms with Crippen molar-refractivity contribution < 1.29 is 9.47 Å². The van der Waals surface area contributed by atoms with Crippen molar-refractivity contribution in [2.45, 2.75) is 51.9 Å². The van der Waals surface area contributed by atoms with E-state index in [9.17, 15) is 0 Å². The van der Waals surface area contributed by atoms with E-state index >= 15 is 0 Å². The van der Waals surface area contributed by atoms with Gasteiger partial charge in [-0.3, -0.25) is 0 Å². The molecule has 1 aliphatic rings. The largest absolute Gasteiger partial charge is 0.353 e. The summed E-state index contributed by atoms with van der Waals surface area (Å²) in [4.78, 5) is 0. The first-order chi connectivity index (χ1) is 7.02. The number of methoxy groups -OCH3 is 1. The SMILES string of the molecule is COC(C)(CBr)OC1CCCC(C)=C1C. The van der Waals surface area contributed by atoms with Crippen LogP contribution in [-0.4, -0.2) is 24.3 Å². The molecule has 0 bridgehead atoms. The zero-order valence-corrected chi connectivity index (χ0v) is 11.7. The van der Waals surface area contributed by atoms with Gasteiger partial charge in [0.25, 0.3) is 0 Å². The van der Waals surface area contributed by atoms with Crippen LogP contribution in [0.5, 0.6) is 0 Å². The van der Waals surface area contributed by atoms with Crippen LogP contribution in [0.25, 0.3) is 0 Å². The molecule has 0 aromatic heterocycles. The number of ether oxygens (including phenoxy) is 2. The highest BCUT2D eigenvalue weighted by molar-refractivity contribution is 9.09. The predicted octanol–water partition coefficient (Wildman–Crippen LogP) is 3.65. The molecule has 88 valence electrons. The lowest BCUT2D eigenvalue weighted by Crippen LogP contribution is -2.38. The molecule has 1 rings (SSSR count). The normalized spacial score (nSPS) is 26.6. The van der Waals surface area contributed by atoms with Gasteiger partial charge in [0.15, 0.2) is 5.79 Å². The van der Waals surface area contributed by atoms with E-state index < -0.39 is 5.79 Å². The van der Waals surface area contributed by atoms with Crippen LogP contribution >= 0.6 is 15.9 Å². The molecule has 0 spiro atoms. The lowest BCUT2D eigenvalue weighted by atomic mass is 9.91. The van der Waals surface area contributed by atoms with E-state index in [1.807, 2.05) is 6.92 Å². The maximum atomic E-state index is 6.03. The Labute approximate surface area is 101 Å². The standard InChI is InChI=1S/C12H21BrO2/c1-9-6-5-7-11(10(9)2)15-12(3,8-13)14-4/h11H,5-8H2,1-4H3. The van der Waals surface area contributed by atoms with E-state index in [1.54, 1.807) is 7.11 Å². The Balaban J connectivity index is 2.69. The lowest BCUT2D eigenvalue weighted by Gasteiger charge is -2.34. The second-order valence-corrected chi connectivity index (χ2v) is 4.99. The summed E-state index contributed by atoms with van der Waals surface area (Å²) in [6.45, 7) is 6.34. The molecule has 1 aliphatic carbocycles. The summed E-state index contributed by atoms with van der Waals surface area (Å²) in [5.41, 5.74) is 2.85. The molecule has 15 heavy (non-hydrogen) atoms. The third-order valence-corrected chi connectivity index (χ3v) is 4.26. The minimum atomic E-state index is -0.510. The van der Waals surface area contributed by atoms with E-state index in [-0.39, 0.29) is 6.10 Å². The molecule has 0 fully saturated rings. The lowest BCUT2D eigenvalue weighted by molar-refractivity contribution is -0.213. The van der Waals surface area contributed by atoms with E-state index in [2.05, 4.69) is 29.8 Å². The second kappa shape index (κ2) is 5.46. The maximum absolute atomic E-state index is 6.03. The van der Waals surface area contributed by atoms with Gasteiger partial charge in [0.05, 0.1) is 11.4 Å². The number of rotatable bonds is 4. The third kappa shape index (κ3) is 3.30. The summed E-state index contributed by atoms with van der Waals surface area (Å²) >= 11 is 3.43. The second-order valence-electron chi connectivity index (χ2n) is 4.43. The Morgan fingerprint density at radius 3 is 2.67 bits per heavy atom. The van der Waals surface area contributed by atoms with E-state index in [1.165, 1.54) is 24.0 Å². The first-order valence-corrected chi connectivity index (χ1v) is 6.59. The van der Waals surface area contributed by atoms with Crippen LogP contribution in [0.3, 0.4) is 0 Å². The Morgan fingerprint density at radius 2 is 2.13 bits per heavy atom. The summed E-state index contributed by atoms with van der Waals surface area (Å²) in [7, 11) is 1.69. The summed E-state index contributed by atoms with van der Waals surface area (Å²) in [5, 5.41) is 0.694. The minimum Gasteiger partial charge on any atom is -0.353 e. The molecule has 2 unspecified atom stereocenters. The average Bonchev–Trinajstić information content (AvgIpc) is 2.25. The number of hydrogen-bond acceptors (Lipinski definition) is 2. The molecule has 0 N–H and O–H groups in total. The van der Waals surface area contributed by atoms with Crippen LogP contribution in [0.15, 0.2) is 11.1 Å². The zero-order chi connectivity index (χ0) is 11.5. The molecule has 0 aromatic rings. The highest BCUT2D eigenvalue weighted by Gasteiger charge is 2.29. The fourth-order valence-electron chi connectivity index (χ4n) is 1.82. The van der Waals surface area contributed by atoms with Crippen LogP contribution < -0.4 is 0 Å². The van der Waals surface area contributed by atoms with Crippen molar-refractivity contribution in [2.75, 3.05) is 12.4 Å². The Kier molecular flexibility index (Phi) is 4.81. The van der Waals surface area contributed by atoms with Gasteiger partial charge in [0.2, 0.25) is 0 Å². The fourth-order valence-corrected chi connectivity index (χ4v) is 2.18. The first kappa shape index (κ1) is 13.2. The molecular weight excluding hydrogens is 256 g/mol. The molecular formula is C12H21BrO2. The smallest absolute Gasteiger partial charge is 0.175 e. The highest BCUT2D eigenvalue weighted by atomic mass is 79.9. The molecule has 0 amide bonds. The molecule has 0 heterocycles. The van der Waals surface area contributed by atoms with Gasteiger partial charge in [0.1, 0.15) is 0 Å². The topological polar surface area (TPSA) is 18.5 Å². The van der Waals surface area contributed by atoms with E-state index in [0.717, 1.165) is 6.42 Å². The summed E-state index contributed by atoms with van der Waals surface area (Å²) < 4.78 is 11.4. The van der Waals surface area contributed by atoms with Crippen LogP contribution in [-0.2, 0) is 9.47 Å². The van der Waals surface area contributed by atoms with Crippen molar-refractivity contribution >= 4 is 15.9 Å². The molecule has 0 aliphatic heterocycles. The predicted molar refractivity (Wildman–Crippen MR) is 66.3 cm³/mol. The maximum Gasteiger partial charge on any atom is 0.175 e. The molecule has 3 heteroatoms. The first-order valence-electron chi connectivity index (χ1n) is 5.47. The van der Waals surface area contributed by atoms with Crippen LogP contribution in [0, 0.1) is 0 Å². The van der Waals surface area contributed by atoms with Crippen molar-refractivity contribution in [1.29, 1.82) is 0 Å². The van der Waals surface area contributed by atoms with Crippen LogP contribution in [0.4, 0.5) is 0 Å². The fraction of sp³-hybridized carbons (Fsp3) is 0.833. The van der Waals surface area contributed by atoms with Gasteiger partial charge in [-0.25, -0.2) is 0 Å². The van der Waals surface area contributed by atoms with Crippen molar-refractivity contribution in [3.05, 3.63) is 11.1 Å². The van der Waals surface area contributed by atoms with Crippen molar-refractivity contribution in [2.24, 2.45) is 0 Å². The Bertz CT molecular complexity index is 244. The van der Waals surface area contributed by atoms with Gasteiger partial charge >= 0.3 is 0 Å². The highest BCUT2D eigenvalue weighted by Crippen LogP contribution is 2.30. The monoisotopic (exact) mass is 276 g/mol. The number of hydrogen-bond donors (Lipinski definition) is 0. The molecule has 2 nitrogen and oxygen atoms in total. The van der Waals surface area contributed by atoms with Crippen molar-refractivity contribution in [1.82, 2.24) is 0 Å². The summed E-state index contributed by atoms with van der Waals surface area (Å²) in [6, 6.07) is 0. The van der Waals surface area contributed by atoms with Crippen molar-refractivity contribution in [3.8, 4) is 0 Å². The van der Waals surface area contributed by atoms with Gasteiger partial charge in [-0.1, -0.05) is 21.5 Å². The van der Waals surface area contributed by atoms with Crippen LogP contribution in [0.1, 0.15) is 40.0 Å². The Hall–Kier alpha value is 0.140. The van der Waals surface area contributed by atoms with Gasteiger partial charge < -0.3 is 9.47 Å². The molecule has 0 saturated carbocycles. The van der Waals surface area contributed by atoms with Gasteiger partial charge in [-0.05, 0) is 45.6 Å². The summed E-state index contributed by atoms with van der Waals surface area (Å²) in [6.07, 6.45) is 3.76. The van der Waals surface area contributed by atoms with Crippen LogP contribution in [0.2, 0.25) is 0 Å². The van der Waals surface area contributed by atoms with Gasteiger partial charge in [0, 0.05) is 7.11 Å². The van der Waals surface area contributed by atoms with Gasteiger partial charge in [-0.15, -0.1) is 0 Å². The molecule has 0 aromatic carbocycles. The van der Waals surface area contributed by atoms with Crippen molar-refractivity contribution in [3.63, 3.8) is 0 Å². The summed E-state index contributed by atoms with van der Waals surface area (Å²) in [5.74, 6) is -0.510. The number of alkyl halides is 1. The molecule has 2 atom stereocenters.